The van der Waals surface area contributed by atoms with Crippen LogP contribution in [-0.2, 0) is 4.74 Å². The lowest BCUT2D eigenvalue weighted by molar-refractivity contribution is -0.0255. The van der Waals surface area contributed by atoms with Crippen molar-refractivity contribution < 1.29 is 23.8 Å². The van der Waals surface area contributed by atoms with Crippen molar-refractivity contribution in [3.05, 3.63) is 29.6 Å². The third kappa shape index (κ3) is 4.21. The fourth-order valence-corrected chi connectivity index (χ4v) is 2.76. The molecule has 1 aromatic rings. The van der Waals surface area contributed by atoms with Crippen LogP contribution in [0.3, 0.4) is 0 Å². The molecule has 24 heavy (non-hydrogen) atoms. The second-order valence-corrected chi connectivity index (χ2v) is 6.12. The van der Waals surface area contributed by atoms with Gasteiger partial charge in [-0.25, -0.2) is 9.18 Å². The van der Waals surface area contributed by atoms with Gasteiger partial charge in [0.2, 0.25) is 0 Å². The van der Waals surface area contributed by atoms with E-state index in [4.69, 9.17) is 10.5 Å². The van der Waals surface area contributed by atoms with E-state index in [0.29, 0.717) is 32.6 Å². The van der Waals surface area contributed by atoms with E-state index in [1.54, 1.807) is 7.05 Å². The molecule has 132 valence electrons. The summed E-state index contributed by atoms with van der Waals surface area (Å²) in [7, 11) is 1.61. The lowest BCUT2D eigenvalue weighted by Gasteiger charge is -2.38. The molecule has 7 nitrogen and oxygen atoms in total. The van der Waals surface area contributed by atoms with Gasteiger partial charge in [0.05, 0.1) is 12.2 Å². The van der Waals surface area contributed by atoms with E-state index in [2.05, 4.69) is 5.32 Å². The van der Waals surface area contributed by atoms with Crippen LogP contribution in [0.2, 0.25) is 0 Å². The molecule has 0 unspecified atom stereocenters. The molecule has 0 radical (unpaired) electrons. The first-order valence-electron chi connectivity index (χ1n) is 7.67. The number of urea groups is 1. The highest BCUT2D eigenvalue weighted by atomic mass is 19.1. The zero-order chi connectivity index (χ0) is 17.7. The summed E-state index contributed by atoms with van der Waals surface area (Å²) < 4.78 is 18.8. The largest absolute Gasteiger partial charge is 0.396 e. The minimum absolute atomic E-state index is 0.0314. The quantitative estimate of drug-likeness (QED) is 0.749. The minimum atomic E-state index is -0.904. The van der Waals surface area contributed by atoms with Crippen molar-refractivity contribution in [1.82, 2.24) is 4.90 Å². The number of ether oxygens (including phenoxy) is 1. The van der Waals surface area contributed by atoms with Crippen LogP contribution in [0.15, 0.2) is 18.2 Å². The topological polar surface area (TPSA) is 105 Å². The molecule has 0 saturated carbocycles. The maximum Gasteiger partial charge on any atom is 0.321 e. The lowest BCUT2D eigenvalue weighted by Crippen LogP contribution is -2.45. The van der Waals surface area contributed by atoms with Crippen LogP contribution in [0.4, 0.5) is 14.9 Å². The average molecular weight is 339 g/mol. The van der Waals surface area contributed by atoms with Gasteiger partial charge in [0, 0.05) is 37.9 Å². The predicted octanol–water partition coefficient (Wildman–Crippen LogP) is 1.18. The van der Waals surface area contributed by atoms with Crippen LogP contribution in [0.1, 0.15) is 23.2 Å². The fraction of sp³-hybridized carbons (Fsp3) is 0.500. The first-order valence-corrected chi connectivity index (χ1v) is 7.67. The molecule has 1 saturated heterocycles. The van der Waals surface area contributed by atoms with E-state index in [1.165, 1.54) is 17.0 Å². The van der Waals surface area contributed by atoms with Crippen molar-refractivity contribution >= 4 is 17.6 Å². The number of primary amides is 1. The highest BCUT2D eigenvalue weighted by Gasteiger charge is 2.34. The smallest absolute Gasteiger partial charge is 0.321 e. The first-order chi connectivity index (χ1) is 11.4. The molecule has 4 N–H and O–H groups in total. The zero-order valence-corrected chi connectivity index (χ0v) is 13.5. The van der Waals surface area contributed by atoms with Crippen molar-refractivity contribution in [3.63, 3.8) is 0 Å². The number of hydrogen-bond acceptors (Lipinski definition) is 4. The maximum absolute atomic E-state index is 13.5. The summed E-state index contributed by atoms with van der Waals surface area (Å²) in [4.78, 5) is 24.9. The van der Waals surface area contributed by atoms with Crippen LogP contribution in [0.5, 0.6) is 0 Å². The Morgan fingerprint density at radius 3 is 2.67 bits per heavy atom. The Labute approximate surface area is 139 Å². The number of carbonyl (C=O) groups is 2. The number of aliphatic hydroxyl groups excluding tert-OH is 1. The number of benzene rings is 1. The summed E-state index contributed by atoms with van der Waals surface area (Å²) in [5.41, 5.74) is 4.69. The predicted molar refractivity (Wildman–Crippen MR) is 86.1 cm³/mol. The van der Waals surface area contributed by atoms with Gasteiger partial charge in [0.1, 0.15) is 5.82 Å². The van der Waals surface area contributed by atoms with Gasteiger partial charge in [0.25, 0.3) is 5.91 Å². The number of nitrogens with two attached hydrogens (primary N) is 1. The molecular formula is C16H22FN3O4. The lowest BCUT2D eigenvalue weighted by atomic mass is 9.80. The number of carbonyl (C=O) groups excluding carboxylic acids is 2. The van der Waals surface area contributed by atoms with E-state index in [-0.39, 0.29) is 23.3 Å². The second-order valence-electron chi connectivity index (χ2n) is 6.12. The molecule has 3 amide bonds. The average Bonchev–Trinajstić information content (AvgIpc) is 2.57. The fourth-order valence-electron chi connectivity index (χ4n) is 2.76. The Kier molecular flexibility index (Phi) is 5.74. The second kappa shape index (κ2) is 7.59. The molecule has 0 spiro atoms. The Hall–Kier alpha value is -2.19. The van der Waals surface area contributed by atoms with E-state index in [1.807, 2.05) is 0 Å². The highest BCUT2D eigenvalue weighted by Crippen LogP contribution is 2.30. The van der Waals surface area contributed by atoms with Crippen molar-refractivity contribution in [2.75, 3.05) is 38.7 Å². The molecule has 0 bridgehead atoms. The van der Waals surface area contributed by atoms with Crippen LogP contribution < -0.4 is 11.1 Å². The third-order valence-corrected chi connectivity index (χ3v) is 4.29. The number of rotatable bonds is 5. The molecule has 1 aliphatic heterocycles. The number of nitrogens with one attached hydrogen (secondary N) is 1. The molecule has 1 fully saturated rings. The molecule has 0 aromatic heterocycles. The number of hydrogen-bond donors (Lipinski definition) is 3. The van der Waals surface area contributed by atoms with Crippen molar-refractivity contribution in [1.29, 1.82) is 0 Å². The number of aliphatic hydroxyl groups is 1. The van der Waals surface area contributed by atoms with Crippen LogP contribution in [0, 0.1) is 11.2 Å². The van der Waals surface area contributed by atoms with Crippen LogP contribution in [0.25, 0.3) is 0 Å². The van der Waals surface area contributed by atoms with Gasteiger partial charge in [-0.3, -0.25) is 4.79 Å². The number of anilines is 1. The van der Waals surface area contributed by atoms with E-state index in [9.17, 15) is 19.1 Å². The molecule has 2 rings (SSSR count). The Morgan fingerprint density at radius 2 is 2.08 bits per heavy atom. The van der Waals surface area contributed by atoms with Gasteiger partial charge in [-0.1, -0.05) is 0 Å². The van der Waals surface area contributed by atoms with Crippen LogP contribution in [-0.4, -0.2) is 55.4 Å². The Morgan fingerprint density at radius 1 is 1.42 bits per heavy atom. The van der Waals surface area contributed by atoms with Gasteiger partial charge in [-0.2, -0.15) is 0 Å². The summed E-state index contributed by atoms with van der Waals surface area (Å²) in [6, 6.07) is 3.20. The molecule has 1 heterocycles. The molecule has 1 aliphatic rings. The van der Waals surface area contributed by atoms with E-state index < -0.39 is 17.8 Å². The monoisotopic (exact) mass is 339 g/mol. The first kappa shape index (κ1) is 18.2. The normalized spacial score (nSPS) is 16.5. The third-order valence-electron chi connectivity index (χ3n) is 4.29. The molecule has 1 aromatic carbocycles. The van der Waals surface area contributed by atoms with Crippen molar-refractivity contribution in [3.8, 4) is 0 Å². The van der Waals surface area contributed by atoms with E-state index >= 15 is 0 Å². The molecule has 8 heteroatoms. The summed E-state index contributed by atoms with van der Waals surface area (Å²) >= 11 is 0. The summed E-state index contributed by atoms with van der Waals surface area (Å²) in [6.07, 6.45) is 1.34. The zero-order valence-electron chi connectivity index (χ0n) is 13.5. The van der Waals surface area contributed by atoms with Crippen molar-refractivity contribution in [2.45, 2.75) is 12.8 Å². The van der Waals surface area contributed by atoms with Gasteiger partial charge in [0.15, 0.2) is 0 Å². The molecule has 0 aliphatic carbocycles. The summed E-state index contributed by atoms with van der Waals surface area (Å²) in [5, 5.41) is 12.3. The SMILES string of the molecule is CN(CC1(CO)CCOCC1)C(=O)Nc1ccc(F)c(C(N)=O)c1. The van der Waals surface area contributed by atoms with Gasteiger partial charge in [-0.15, -0.1) is 0 Å². The molecular weight excluding hydrogens is 317 g/mol. The highest BCUT2D eigenvalue weighted by molar-refractivity contribution is 5.96. The number of amides is 3. The molecule has 0 atom stereocenters. The Bertz CT molecular complexity index is 617. The van der Waals surface area contributed by atoms with Gasteiger partial charge in [-0.05, 0) is 31.0 Å². The number of halogens is 1. The minimum Gasteiger partial charge on any atom is -0.396 e. The van der Waals surface area contributed by atoms with Crippen molar-refractivity contribution in [2.24, 2.45) is 11.1 Å². The van der Waals surface area contributed by atoms with Gasteiger partial charge < -0.3 is 25.8 Å². The van der Waals surface area contributed by atoms with E-state index in [0.717, 1.165) is 6.07 Å². The van der Waals surface area contributed by atoms with Crippen LogP contribution >= 0.6 is 0 Å². The number of nitrogens with zero attached hydrogens (tertiary/aromatic N) is 1. The standard InChI is InChI=1S/C16H22FN3O4/c1-20(9-16(10-21)4-6-24-7-5-16)15(23)19-11-2-3-13(17)12(8-11)14(18)22/h2-3,8,21H,4-7,9-10H2,1H3,(H2,18,22)(H,19,23). The summed E-state index contributed by atoms with van der Waals surface area (Å²) in [6.45, 7) is 1.44. The maximum atomic E-state index is 13.5. The Balaban J connectivity index is 2.03. The van der Waals surface area contributed by atoms with Gasteiger partial charge >= 0.3 is 6.03 Å². The summed E-state index contributed by atoms with van der Waals surface area (Å²) in [5.74, 6) is -1.64.